The Hall–Kier alpha value is -1.01. The van der Waals surface area contributed by atoms with Crippen molar-refractivity contribution in [3.05, 3.63) is 0 Å². The third kappa shape index (κ3) is 2.63. The first-order chi connectivity index (χ1) is 8.03. The number of ether oxygens (including phenoxy) is 1. The summed E-state index contributed by atoms with van der Waals surface area (Å²) in [6, 6.07) is 0. The van der Waals surface area contributed by atoms with Gasteiger partial charge in [0, 0.05) is 13.1 Å². The summed E-state index contributed by atoms with van der Waals surface area (Å²) in [5.41, 5.74) is 5.24. The maximum atomic E-state index is 9.92. The van der Waals surface area contributed by atoms with Crippen LogP contribution in [-0.4, -0.2) is 34.8 Å². The predicted molar refractivity (Wildman–Crippen MR) is 69.8 cm³/mol. The fraction of sp³-hybridized carbons (Fsp3) is 0.727. The summed E-state index contributed by atoms with van der Waals surface area (Å²) in [4.78, 5) is 2.19. The molecule has 0 amide bonds. The molecule has 96 valence electrons. The number of hydrogen-bond donors (Lipinski definition) is 2. The lowest BCUT2D eigenvalue weighted by atomic mass is 9.94. The summed E-state index contributed by atoms with van der Waals surface area (Å²) < 4.78 is 9.67. The van der Waals surface area contributed by atoms with Gasteiger partial charge in [-0.15, -0.1) is 0 Å². The molecule has 3 N–H and O–H groups in total. The van der Waals surface area contributed by atoms with Gasteiger partial charge in [0.15, 0.2) is 16.6 Å². The van der Waals surface area contributed by atoms with E-state index >= 15 is 0 Å². The van der Waals surface area contributed by atoms with Crippen LogP contribution in [0.15, 0.2) is 0 Å². The van der Waals surface area contributed by atoms with E-state index in [-0.39, 0.29) is 0 Å². The fourth-order valence-corrected chi connectivity index (χ4v) is 2.77. The third-order valence-corrected chi connectivity index (χ3v) is 3.98. The highest BCUT2D eigenvalue weighted by atomic mass is 32.1. The number of nitrogen functional groups attached to an aromatic ring is 1. The molecule has 1 fully saturated rings. The van der Waals surface area contributed by atoms with E-state index in [0.717, 1.165) is 30.9 Å². The summed E-state index contributed by atoms with van der Waals surface area (Å²) in [6.45, 7) is 6.03. The van der Waals surface area contributed by atoms with E-state index in [1.54, 1.807) is 0 Å². The minimum absolute atomic E-state index is 0.462. The van der Waals surface area contributed by atoms with Crippen LogP contribution in [0, 0.1) is 0 Å². The van der Waals surface area contributed by atoms with Crippen LogP contribution in [0.25, 0.3) is 0 Å². The number of hydrogen-bond acceptors (Lipinski definition) is 6. The Morgan fingerprint density at radius 1 is 1.53 bits per heavy atom. The van der Waals surface area contributed by atoms with Crippen molar-refractivity contribution in [1.82, 2.24) is 4.37 Å². The minimum atomic E-state index is -0.543. The molecule has 1 aliphatic rings. The lowest BCUT2D eigenvalue weighted by molar-refractivity contribution is 0.0351. The van der Waals surface area contributed by atoms with E-state index in [9.17, 15) is 5.11 Å². The van der Waals surface area contributed by atoms with Gasteiger partial charge in [-0.25, -0.2) is 0 Å². The summed E-state index contributed by atoms with van der Waals surface area (Å²) in [5, 5.41) is 10.9. The fourth-order valence-electron chi connectivity index (χ4n) is 1.96. The summed E-state index contributed by atoms with van der Waals surface area (Å²) in [6.07, 6.45) is 1.52. The first kappa shape index (κ1) is 12.4. The molecular weight excluding hydrogens is 238 g/mol. The van der Waals surface area contributed by atoms with Gasteiger partial charge in [-0.05, 0) is 38.2 Å². The molecular formula is C11H19N3O2S. The largest absolute Gasteiger partial charge is 0.487 e. The topological polar surface area (TPSA) is 71.6 Å². The maximum absolute atomic E-state index is 9.92. The molecule has 17 heavy (non-hydrogen) atoms. The molecule has 0 saturated carbocycles. The van der Waals surface area contributed by atoms with Gasteiger partial charge in [0.2, 0.25) is 0 Å². The Labute approximate surface area is 105 Å². The van der Waals surface area contributed by atoms with E-state index in [1.807, 2.05) is 13.8 Å². The number of rotatable bonds is 3. The van der Waals surface area contributed by atoms with Gasteiger partial charge in [-0.1, -0.05) is 0 Å². The number of piperidine rings is 1. The van der Waals surface area contributed by atoms with Gasteiger partial charge in [-0.3, -0.25) is 0 Å². The van der Waals surface area contributed by atoms with E-state index < -0.39 is 5.60 Å². The third-order valence-electron chi connectivity index (χ3n) is 3.07. The van der Waals surface area contributed by atoms with Crippen LogP contribution in [-0.2, 0) is 0 Å². The molecule has 0 aliphatic carbocycles. The second kappa shape index (κ2) is 4.70. The average molecular weight is 257 g/mol. The van der Waals surface area contributed by atoms with Crippen molar-refractivity contribution in [3.63, 3.8) is 0 Å². The molecule has 0 aromatic carbocycles. The monoisotopic (exact) mass is 257 g/mol. The Kier molecular flexibility index (Phi) is 3.44. The molecule has 0 spiro atoms. The lowest BCUT2D eigenvalue weighted by Crippen LogP contribution is -2.42. The van der Waals surface area contributed by atoms with E-state index in [4.69, 9.17) is 10.5 Å². The smallest absolute Gasteiger partial charge is 0.197 e. The highest BCUT2D eigenvalue weighted by Gasteiger charge is 2.30. The van der Waals surface area contributed by atoms with E-state index in [2.05, 4.69) is 9.27 Å². The van der Waals surface area contributed by atoms with Crippen molar-refractivity contribution >= 4 is 22.4 Å². The molecule has 1 saturated heterocycles. The molecule has 1 aromatic heterocycles. The van der Waals surface area contributed by atoms with Gasteiger partial charge in [-0.2, -0.15) is 4.37 Å². The Morgan fingerprint density at radius 3 is 2.76 bits per heavy atom. The van der Waals surface area contributed by atoms with Crippen molar-refractivity contribution in [2.75, 3.05) is 30.3 Å². The molecule has 1 aromatic rings. The molecule has 2 heterocycles. The molecule has 0 radical (unpaired) electrons. The van der Waals surface area contributed by atoms with Crippen LogP contribution in [0.5, 0.6) is 5.75 Å². The molecule has 5 nitrogen and oxygen atoms in total. The van der Waals surface area contributed by atoms with Crippen LogP contribution in [0.3, 0.4) is 0 Å². The molecule has 6 heteroatoms. The predicted octanol–water partition coefficient (Wildman–Crippen LogP) is 1.48. The Balaban J connectivity index is 2.13. The first-order valence-electron chi connectivity index (χ1n) is 5.89. The van der Waals surface area contributed by atoms with Gasteiger partial charge in [0.25, 0.3) is 0 Å². The zero-order chi connectivity index (χ0) is 12.5. The van der Waals surface area contributed by atoms with E-state index in [1.165, 1.54) is 11.5 Å². The van der Waals surface area contributed by atoms with Gasteiger partial charge < -0.3 is 20.5 Å². The Bertz CT molecular complexity index is 382. The molecule has 2 rings (SSSR count). The zero-order valence-electron chi connectivity index (χ0n) is 10.3. The first-order valence-corrected chi connectivity index (χ1v) is 6.66. The molecule has 0 unspecified atom stereocenters. The minimum Gasteiger partial charge on any atom is -0.487 e. The van der Waals surface area contributed by atoms with Crippen molar-refractivity contribution < 1.29 is 9.84 Å². The summed E-state index contributed by atoms with van der Waals surface area (Å²) in [7, 11) is 0. The lowest BCUT2D eigenvalue weighted by Gasteiger charge is -2.36. The number of aliphatic hydroxyl groups is 1. The van der Waals surface area contributed by atoms with Gasteiger partial charge in [0.05, 0.1) is 12.2 Å². The van der Waals surface area contributed by atoms with Crippen LogP contribution >= 0.6 is 11.5 Å². The maximum Gasteiger partial charge on any atom is 0.197 e. The molecule has 0 atom stereocenters. The second-order valence-corrected chi connectivity index (χ2v) is 5.37. The quantitative estimate of drug-likeness (QED) is 0.858. The number of nitrogens with two attached hydrogens (primary N) is 1. The van der Waals surface area contributed by atoms with Crippen molar-refractivity contribution in [2.45, 2.75) is 32.3 Å². The van der Waals surface area contributed by atoms with E-state index in [0.29, 0.717) is 18.2 Å². The SMILES string of the molecule is CCOc1c(N)nsc1N1CCC(C)(O)CC1. The second-order valence-electron chi connectivity index (χ2n) is 4.62. The standard InChI is InChI=1S/C11H19N3O2S/c1-3-16-8-9(12)13-17-10(8)14-6-4-11(2,15)5-7-14/h15H,3-7H2,1-2H3,(H2,12,13). The average Bonchev–Trinajstić information content (AvgIpc) is 2.62. The molecule has 0 bridgehead atoms. The zero-order valence-corrected chi connectivity index (χ0v) is 11.1. The van der Waals surface area contributed by atoms with Crippen molar-refractivity contribution in [1.29, 1.82) is 0 Å². The number of nitrogens with zero attached hydrogens (tertiary/aromatic N) is 2. The normalized spacial score (nSPS) is 19.4. The highest BCUT2D eigenvalue weighted by molar-refractivity contribution is 7.11. The highest BCUT2D eigenvalue weighted by Crippen LogP contribution is 2.40. The van der Waals surface area contributed by atoms with Crippen molar-refractivity contribution in [2.24, 2.45) is 0 Å². The van der Waals surface area contributed by atoms with Crippen LogP contribution in [0.4, 0.5) is 10.8 Å². The van der Waals surface area contributed by atoms with Crippen LogP contribution in [0.1, 0.15) is 26.7 Å². The van der Waals surface area contributed by atoms with Crippen LogP contribution in [0.2, 0.25) is 0 Å². The van der Waals surface area contributed by atoms with Crippen molar-refractivity contribution in [3.8, 4) is 5.75 Å². The summed E-state index contributed by atoms with van der Waals surface area (Å²) >= 11 is 1.37. The molecule has 1 aliphatic heterocycles. The summed E-state index contributed by atoms with van der Waals surface area (Å²) in [5.74, 6) is 1.16. The van der Waals surface area contributed by atoms with Crippen LogP contribution < -0.4 is 15.4 Å². The number of anilines is 2. The van der Waals surface area contributed by atoms with Gasteiger partial charge in [0.1, 0.15) is 0 Å². The van der Waals surface area contributed by atoms with Gasteiger partial charge >= 0.3 is 0 Å². The number of aromatic nitrogens is 1. The Morgan fingerprint density at radius 2 is 2.18 bits per heavy atom.